The lowest BCUT2D eigenvalue weighted by Crippen LogP contribution is -2.33. The van der Waals surface area contributed by atoms with Crippen LogP contribution in [0.4, 0.5) is 5.69 Å². The van der Waals surface area contributed by atoms with Gasteiger partial charge < -0.3 is 15.2 Å². The van der Waals surface area contributed by atoms with Crippen LogP contribution < -0.4 is 10.1 Å². The summed E-state index contributed by atoms with van der Waals surface area (Å²) in [6.45, 7) is 5.49. The fraction of sp³-hybridized carbons (Fsp3) is 0.538. The van der Waals surface area contributed by atoms with Crippen molar-refractivity contribution in [3.05, 3.63) is 32.8 Å². The predicted octanol–water partition coefficient (Wildman–Crippen LogP) is 2.34. The van der Waals surface area contributed by atoms with E-state index in [0.717, 1.165) is 6.54 Å². The van der Waals surface area contributed by atoms with Crippen LogP contribution in [0.1, 0.15) is 13.8 Å². The Hall–Kier alpha value is -1.18. The van der Waals surface area contributed by atoms with Crippen LogP contribution in [0.3, 0.4) is 0 Å². The smallest absolute Gasteiger partial charge is 0.274 e. The number of benzene rings is 1. The summed E-state index contributed by atoms with van der Waals surface area (Å²) in [5, 5.41) is 23.6. The molecule has 1 unspecified atom stereocenters. The van der Waals surface area contributed by atoms with Gasteiger partial charge in [0.05, 0.1) is 11.0 Å². The van der Waals surface area contributed by atoms with E-state index in [9.17, 15) is 15.2 Å². The third-order valence-corrected chi connectivity index (χ3v) is 2.90. The van der Waals surface area contributed by atoms with E-state index in [1.165, 1.54) is 12.1 Å². The molecule has 0 spiro atoms. The minimum atomic E-state index is -0.660. The molecular weight excluding hydrogens is 328 g/mol. The van der Waals surface area contributed by atoms with E-state index >= 15 is 0 Å². The number of ether oxygens (including phenoxy) is 1. The zero-order chi connectivity index (χ0) is 15.1. The van der Waals surface area contributed by atoms with Gasteiger partial charge in [-0.3, -0.25) is 10.1 Å². The van der Waals surface area contributed by atoms with Gasteiger partial charge in [-0.2, -0.15) is 0 Å². The van der Waals surface area contributed by atoms with Crippen molar-refractivity contribution < 1.29 is 14.8 Å². The van der Waals surface area contributed by atoms with Gasteiger partial charge in [0, 0.05) is 17.1 Å². The minimum absolute atomic E-state index is 0.0539. The lowest BCUT2D eigenvalue weighted by atomic mass is 10.2. The van der Waals surface area contributed by atoms with Crippen molar-refractivity contribution in [1.82, 2.24) is 5.32 Å². The largest absolute Gasteiger partial charge is 0.491 e. The number of aliphatic hydroxyl groups excluding tert-OH is 1. The second-order valence-corrected chi connectivity index (χ2v) is 5.83. The average Bonchev–Trinajstić information content (AvgIpc) is 2.35. The summed E-state index contributed by atoms with van der Waals surface area (Å²) >= 11 is 3.19. The highest BCUT2D eigenvalue weighted by Gasteiger charge is 2.11. The molecule has 20 heavy (non-hydrogen) atoms. The van der Waals surface area contributed by atoms with Crippen molar-refractivity contribution in [1.29, 1.82) is 0 Å². The quantitative estimate of drug-likeness (QED) is 0.557. The average molecular weight is 347 g/mol. The number of aliphatic hydroxyl groups is 1. The molecule has 0 aromatic heterocycles. The Bertz CT molecular complexity index is 454. The molecule has 0 heterocycles. The van der Waals surface area contributed by atoms with Crippen LogP contribution in [-0.2, 0) is 0 Å². The van der Waals surface area contributed by atoms with Gasteiger partial charge in [0.1, 0.15) is 18.5 Å². The molecule has 2 N–H and O–H groups in total. The highest BCUT2D eigenvalue weighted by atomic mass is 79.9. The van der Waals surface area contributed by atoms with Crippen molar-refractivity contribution in [2.24, 2.45) is 5.92 Å². The molecule has 1 aromatic rings. The Morgan fingerprint density at radius 3 is 2.70 bits per heavy atom. The number of nitro groups is 1. The number of hydrogen-bond acceptors (Lipinski definition) is 5. The molecule has 0 fully saturated rings. The van der Waals surface area contributed by atoms with Gasteiger partial charge in [0.2, 0.25) is 0 Å². The number of rotatable bonds is 8. The van der Waals surface area contributed by atoms with E-state index in [1.54, 1.807) is 6.07 Å². The predicted molar refractivity (Wildman–Crippen MR) is 80.0 cm³/mol. The fourth-order valence-corrected chi connectivity index (χ4v) is 1.99. The van der Waals surface area contributed by atoms with Gasteiger partial charge in [-0.15, -0.1) is 0 Å². The summed E-state index contributed by atoms with van der Waals surface area (Å²) in [5.74, 6) is 0.866. The molecule has 0 aliphatic rings. The maximum Gasteiger partial charge on any atom is 0.274 e. The molecule has 0 aliphatic carbocycles. The number of nitro benzene ring substituents is 1. The van der Waals surface area contributed by atoms with Crippen LogP contribution in [0.25, 0.3) is 0 Å². The van der Waals surface area contributed by atoms with E-state index in [2.05, 4.69) is 35.1 Å². The Labute approximate surface area is 126 Å². The van der Waals surface area contributed by atoms with Gasteiger partial charge in [0.25, 0.3) is 5.69 Å². The van der Waals surface area contributed by atoms with E-state index < -0.39 is 11.0 Å². The molecule has 0 bridgehead atoms. The zero-order valence-corrected chi connectivity index (χ0v) is 13.1. The third-order valence-electron chi connectivity index (χ3n) is 2.44. The molecule has 1 rings (SSSR count). The van der Waals surface area contributed by atoms with Gasteiger partial charge >= 0.3 is 0 Å². The number of non-ortho nitro benzene ring substituents is 1. The molecule has 7 heteroatoms. The molecule has 1 aromatic carbocycles. The summed E-state index contributed by atoms with van der Waals surface area (Å²) in [6, 6.07) is 4.35. The number of nitrogens with zero attached hydrogens (tertiary/aromatic N) is 1. The number of halogens is 1. The van der Waals surface area contributed by atoms with Gasteiger partial charge in [-0.05, 0) is 18.5 Å². The first kappa shape index (κ1) is 16.9. The van der Waals surface area contributed by atoms with Crippen molar-refractivity contribution >= 4 is 21.6 Å². The second kappa shape index (κ2) is 8.18. The molecule has 0 saturated carbocycles. The first-order valence-electron chi connectivity index (χ1n) is 6.35. The van der Waals surface area contributed by atoms with Gasteiger partial charge in [-0.25, -0.2) is 0 Å². The van der Waals surface area contributed by atoms with Crippen LogP contribution in [0.15, 0.2) is 22.7 Å². The van der Waals surface area contributed by atoms with Crippen LogP contribution in [-0.4, -0.2) is 35.8 Å². The SMILES string of the molecule is CC(C)CNCC(O)COc1cc(Br)cc([N+](=O)[O-])c1. The van der Waals surface area contributed by atoms with Crippen LogP contribution >= 0.6 is 15.9 Å². The Morgan fingerprint density at radius 1 is 1.40 bits per heavy atom. The molecule has 0 saturated heterocycles. The highest BCUT2D eigenvalue weighted by Crippen LogP contribution is 2.26. The maximum absolute atomic E-state index is 10.7. The van der Waals surface area contributed by atoms with Crippen LogP contribution in [0.2, 0.25) is 0 Å². The minimum Gasteiger partial charge on any atom is -0.491 e. The highest BCUT2D eigenvalue weighted by molar-refractivity contribution is 9.10. The molecule has 1 atom stereocenters. The lowest BCUT2D eigenvalue weighted by molar-refractivity contribution is -0.385. The van der Waals surface area contributed by atoms with Crippen molar-refractivity contribution in [3.63, 3.8) is 0 Å². The summed E-state index contributed by atoms with van der Waals surface area (Å²) in [5.41, 5.74) is -0.0539. The maximum atomic E-state index is 10.7. The lowest BCUT2D eigenvalue weighted by Gasteiger charge is -2.14. The van der Waals surface area contributed by atoms with E-state index in [-0.39, 0.29) is 12.3 Å². The van der Waals surface area contributed by atoms with Crippen molar-refractivity contribution in [3.8, 4) is 5.75 Å². The summed E-state index contributed by atoms with van der Waals surface area (Å²) < 4.78 is 5.94. The normalized spacial score (nSPS) is 12.4. The molecule has 0 aliphatic heterocycles. The topological polar surface area (TPSA) is 84.6 Å². The second-order valence-electron chi connectivity index (χ2n) is 4.92. The third kappa shape index (κ3) is 6.31. The summed E-state index contributed by atoms with van der Waals surface area (Å²) in [4.78, 5) is 10.2. The molecule has 0 radical (unpaired) electrons. The van der Waals surface area contributed by atoms with Crippen LogP contribution in [0, 0.1) is 16.0 Å². The molecular formula is C13H19BrN2O4. The first-order chi connectivity index (χ1) is 9.38. The molecule has 0 amide bonds. The first-order valence-corrected chi connectivity index (χ1v) is 7.14. The van der Waals surface area contributed by atoms with E-state index in [0.29, 0.717) is 22.7 Å². The Balaban J connectivity index is 2.46. The Kier molecular flexibility index (Phi) is 6.90. The number of hydrogen-bond donors (Lipinski definition) is 2. The van der Waals surface area contributed by atoms with E-state index in [1.807, 2.05) is 0 Å². The number of nitrogens with one attached hydrogen (secondary N) is 1. The van der Waals surface area contributed by atoms with E-state index in [4.69, 9.17) is 4.74 Å². The summed E-state index contributed by atoms with van der Waals surface area (Å²) in [6.07, 6.45) is -0.660. The van der Waals surface area contributed by atoms with Crippen molar-refractivity contribution in [2.75, 3.05) is 19.7 Å². The monoisotopic (exact) mass is 346 g/mol. The summed E-state index contributed by atoms with van der Waals surface area (Å²) in [7, 11) is 0. The fourth-order valence-electron chi connectivity index (χ4n) is 1.53. The molecule has 6 nitrogen and oxygen atoms in total. The zero-order valence-electron chi connectivity index (χ0n) is 11.5. The molecule has 112 valence electrons. The van der Waals surface area contributed by atoms with Gasteiger partial charge in [-0.1, -0.05) is 29.8 Å². The van der Waals surface area contributed by atoms with Gasteiger partial charge in [0.15, 0.2) is 0 Å². The standard InChI is InChI=1S/C13H19BrN2O4/c1-9(2)6-15-7-12(17)8-20-13-4-10(14)3-11(5-13)16(18)19/h3-5,9,12,15,17H,6-8H2,1-2H3. The van der Waals surface area contributed by atoms with Crippen LogP contribution in [0.5, 0.6) is 5.75 Å². The van der Waals surface area contributed by atoms with Crippen molar-refractivity contribution in [2.45, 2.75) is 20.0 Å². The Morgan fingerprint density at radius 2 is 2.10 bits per heavy atom.